The summed E-state index contributed by atoms with van der Waals surface area (Å²) in [5, 5.41) is 3.02. The summed E-state index contributed by atoms with van der Waals surface area (Å²) in [5.41, 5.74) is -0.273. The summed E-state index contributed by atoms with van der Waals surface area (Å²) >= 11 is 0. The number of nitrogens with one attached hydrogen (secondary N) is 1. The quantitative estimate of drug-likeness (QED) is 0.796. The van der Waals surface area contributed by atoms with Crippen molar-refractivity contribution in [3.63, 3.8) is 0 Å². The number of methoxy groups -OCH3 is 1. The highest BCUT2D eigenvalue weighted by molar-refractivity contribution is 5.84. The Morgan fingerprint density at radius 2 is 1.90 bits per heavy atom. The standard InChI is InChI=1S/C15H28N2O3/c1-10(2)12(13(18)16-15(3,4)5)17-9-7-8-11(17)14(19)20-6/h10-12H,7-9H2,1-6H3,(H,16,18)/t11-,12+/m0/s1. The van der Waals surface area contributed by atoms with Gasteiger partial charge in [0.25, 0.3) is 0 Å². The molecule has 0 aliphatic carbocycles. The smallest absolute Gasteiger partial charge is 0.323 e. The fourth-order valence-electron chi connectivity index (χ4n) is 2.79. The molecule has 5 heteroatoms. The predicted molar refractivity (Wildman–Crippen MR) is 78.3 cm³/mol. The predicted octanol–water partition coefficient (Wildman–Crippen LogP) is 1.56. The Balaban J connectivity index is 2.90. The van der Waals surface area contributed by atoms with Crippen LogP contribution in [0.15, 0.2) is 0 Å². The van der Waals surface area contributed by atoms with Crippen molar-refractivity contribution in [2.24, 2.45) is 5.92 Å². The largest absolute Gasteiger partial charge is 0.468 e. The molecule has 1 amide bonds. The number of esters is 1. The summed E-state index contributed by atoms with van der Waals surface area (Å²) in [7, 11) is 1.40. The topological polar surface area (TPSA) is 58.6 Å². The first kappa shape index (κ1) is 17.0. The molecule has 0 unspecified atom stereocenters. The van der Waals surface area contributed by atoms with Crippen LogP contribution < -0.4 is 5.32 Å². The molecule has 0 aromatic carbocycles. The molecule has 1 N–H and O–H groups in total. The summed E-state index contributed by atoms with van der Waals surface area (Å²) in [6.07, 6.45) is 1.68. The molecule has 1 heterocycles. The number of amides is 1. The third-order valence-electron chi connectivity index (χ3n) is 3.52. The van der Waals surface area contributed by atoms with E-state index in [2.05, 4.69) is 5.32 Å². The highest BCUT2D eigenvalue weighted by atomic mass is 16.5. The Kier molecular flexibility index (Phi) is 5.57. The molecule has 1 aliphatic rings. The number of nitrogens with zero attached hydrogens (tertiary/aromatic N) is 1. The number of hydrogen-bond donors (Lipinski definition) is 1. The first-order chi connectivity index (χ1) is 9.17. The summed E-state index contributed by atoms with van der Waals surface area (Å²) in [6.45, 7) is 10.7. The zero-order valence-electron chi connectivity index (χ0n) is 13.5. The van der Waals surface area contributed by atoms with Gasteiger partial charge in [0.15, 0.2) is 0 Å². The number of hydrogen-bond acceptors (Lipinski definition) is 4. The number of carbonyl (C=O) groups is 2. The van der Waals surface area contributed by atoms with Gasteiger partial charge < -0.3 is 10.1 Å². The van der Waals surface area contributed by atoms with Crippen LogP contribution in [0.25, 0.3) is 0 Å². The Hall–Kier alpha value is -1.10. The zero-order chi connectivity index (χ0) is 15.5. The van der Waals surface area contributed by atoms with Crippen molar-refractivity contribution in [1.29, 1.82) is 0 Å². The average Bonchev–Trinajstić information content (AvgIpc) is 2.74. The van der Waals surface area contributed by atoms with Gasteiger partial charge in [-0.1, -0.05) is 13.8 Å². The van der Waals surface area contributed by atoms with Crippen molar-refractivity contribution >= 4 is 11.9 Å². The van der Waals surface area contributed by atoms with Gasteiger partial charge in [0.1, 0.15) is 6.04 Å². The Labute approximate surface area is 122 Å². The van der Waals surface area contributed by atoms with E-state index in [1.54, 1.807) is 0 Å². The van der Waals surface area contributed by atoms with Crippen LogP contribution in [0, 0.1) is 5.92 Å². The van der Waals surface area contributed by atoms with Gasteiger partial charge in [-0.15, -0.1) is 0 Å². The van der Waals surface area contributed by atoms with Crippen molar-refractivity contribution in [3.05, 3.63) is 0 Å². The average molecular weight is 284 g/mol. The third kappa shape index (κ3) is 4.20. The molecule has 2 atom stereocenters. The molecule has 0 aromatic heterocycles. The maximum atomic E-state index is 12.5. The van der Waals surface area contributed by atoms with Crippen molar-refractivity contribution in [2.75, 3.05) is 13.7 Å². The molecule has 20 heavy (non-hydrogen) atoms. The van der Waals surface area contributed by atoms with E-state index in [0.29, 0.717) is 0 Å². The van der Waals surface area contributed by atoms with Gasteiger partial charge >= 0.3 is 5.97 Å². The second-order valence-corrected chi connectivity index (χ2v) is 6.85. The second-order valence-electron chi connectivity index (χ2n) is 6.85. The van der Waals surface area contributed by atoms with Crippen LogP contribution in [0.3, 0.4) is 0 Å². The van der Waals surface area contributed by atoms with Crippen molar-refractivity contribution in [2.45, 2.75) is 65.1 Å². The van der Waals surface area contributed by atoms with Crippen LogP contribution in [0.2, 0.25) is 0 Å². The highest BCUT2D eigenvalue weighted by Gasteiger charge is 2.41. The fourth-order valence-corrected chi connectivity index (χ4v) is 2.79. The van der Waals surface area contributed by atoms with Gasteiger partial charge in [0, 0.05) is 5.54 Å². The van der Waals surface area contributed by atoms with Crippen molar-refractivity contribution in [1.82, 2.24) is 10.2 Å². The van der Waals surface area contributed by atoms with Crippen molar-refractivity contribution in [3.8, 4) is 0 Å². The minimum Gasteiger partial charge on any atom is -0.468 e. The fraction of sp³-hybridized carbons (Fsp3) is 0.867. The summed E-state index contributed by atoms with van der Waals surface area (Å²) in [5.74, 6) is -0.109. The molecule has 0 bridgehead atoms. The normalized spacial score (nSPS) is 21.9. The van der Waals surface area contributed by atoms with Crippen LogP contribution in [0.4, 0.5) is 0 Å². The Bertz CT molecular complexity index is 361. The van der Waals surface area contributed by atoms with Gasteiger partial charge in [-0.2, -0.15) is 0 Å². The maximum absolute atomic E-state index is 12.5. The molecular formula is C15H28N2O3. The monoisotopic (exact) mass is 284 g/mol. The molecule has 1 saturated heterocycles. The molecule has 1 rings (SSSR count). The summed E-state index contributed by atoms with van der Waals surface area (Å²) in [4.78, 5) is 26.4. The van der Waals surface area contributed by atoms with Gasteiger partial charge in [-0.3, -0.25) is 14.5 Å². The molecule has 5 nitrogen and oxygen atoms in total. The molecule has 0 aromatic rings. The van der Waals surface area contributed by atoms with Gasteiger partial charge in [-0.25, -0.2) is 0 Å². The van der Waals surface area contributed by atoms with Gasteiger partial charge in [0.05, 0.1) is 13.2 Å². The number of carbonyl (C=O) groups excluding carboxylic acids is 2. The SMILES string of the molecule is COC(=O)[C@@H]1CCCN1[C@@H](C(=O)NC(C)(C)C)C(C)C. The van der Waals surface area contributed by atoms with E-state index in [0.717, 1.165) is 19.4 Å². The molecule has 1 fully saturated rings. The minimum absolute atomic E-state index is 0.0108. The molecule has 0 radical (unpaired) electrons. The van der Waals surface area contributed by atoms with E-state index in [4.69, 9.17) is 4.74 Å². The summed E-state index contributed by atoms with van der Waals surface area (Å²) in [6, 6.07) is -0.584. The lowest BCUT2D eigenvalue weighted by Gasteiger charge is -2.35. The number of rotatable bonds is 4. The lowest BCUT2D eigenvalue weighted by atomic mass is 9.98. The van der Waals surface area contributed by atoms with E-state index in [9.17, 15) is 9.59 Å². The van der Waals surface area contributed by atoms with Crippen LogP contribution in [-0.2, 0) is 14.3 Å². The molecule has 0 spiro atoms. The van der Waals surface area contributed by atoms with Crippen LogP contribution in [-0.4, -0.2) is 48.1 Å². The highest BCUT2D eigenvalue weighted by Crippen LogP contribution is 2.25. The van der Waals surface area contributed by atoms with Crippen LogP contribution >= 0.6 is 0 Å². The lowest BCUT2D eigenvalue weighted by Crippen LogP contribution is -2.56. The van der Waals surface area contributed by atoms with E-state index in [-0.39, 0.29) is 35.4 Å². The Morgan fingerprint density at radius 1 is 1.30 bits per heavy atom. The second kappa shape index (κ2) is 6.57. The van der Waals surface area contributed by atoms with E-state index in [1.807, 2.05) is 39.5 Å². The first-order valence-corrected chi connectivity index (χ1v) is 7.33. The summed E-state index contributed by atoms with van der Waals surface area (Å²) < 4.78 is 4.86. The van der Waals surface area contributed by atoms with Gasteiger partial charge in [-0.05, 0) is 46.1 Å². The third-order valence-corrected chi connectivity index (χ3v) is 3.52. The van der Waals surface area contributed by atoms with Crippen LogP contribution in [0.5, 0.6) is 0 Å². The number of likely N-dealkylation sites (tertiary alicyclic amines) is 1. The molecule has 0 saturated carbocycles. The van der Waals surface area contributed by atoms with E-state index in [1.165, 1.54) is 7.11 Å². The van der Waals surface area contributed by atoms with Gasteiger partial charge in [0.2, 0.25) is 5.91 Å². The van der Waals surface area contributed by atoms with E-state index >= 15 is 0 Å². The van der Waals surface area contributed by atoms with Crippen LogP contribution in [0.1, 0.15) is 47.5 Å². The molecular weight excluding hydrogens is 256 g/mol. The zero-order valence-corrected chi connectivity index (χ0v) is 13.5. The Morgan fingerprint density at radius 3 is 2.35 bits per heavy atom. The molecule has 116 valence electrons. The molecule has 1 aliphatic heterocycles. The number of ether oxygens (including phenoxy) is 1. The van der Waals surface area contributed by atoms with Crippen molar-refractivity contribution < 1.29 is 14.3 Å². The first-order valence-electron chi connectivity index (χ1n) is 7.33. The maximum Gasteiger partial charge on any atom is 0.323 e. The lowest BCUT2D eigenvalue weighted by molar-refractivity contribution is -0.148. The van der Waals surface area contributed by atoms with E-state index < -0.39 is 0 Å². The minimum atomic E-state index is -0.293.